The Morgan fingerprint density at radius 2 is 1.71 bits per heavy atom. The number of carbonyl (C=O) groups excluding carboxylic acids is 1. The van der Waals surface area contributed by atoms with Gasteiger partial charge in [-0.2, -0.15) is 0 Å². The van der Waals surface area contributed by atoms with Crippen LogP contribution in [0.15, 0.2) is 54.9 Å². The molecule has 0 aliphatic carbocycles. The molecule has 2 aromatic carbocycles. The highest BCUT2D eigenvalue weighted by Gasteiger charge is 2.33. The number of hydrazine groups is 1. The highest BCUT2D eigenvalue weighted by atomic mass is 32.2. The van der Waals surface area contributed by atoms with Gasteiger partial charge in [0.25, 0.3) is 0 Å². The number of aromatic amines is 1. The van der Waals surface area contributed by atoms with Gasteiger partial charge in [-0.3, -0.25) is 23.6 Å². The number of nitrogens with zero attached hydrogens (tertiary/aromatic N) is 6. The first-order valence-electron chi connectivity index (χ1n) is 16.9. The fourth-order valence-electron chi connectivity index (χ4n) is 7.42. The molecule has 3 saturated heterocycles. The minimum absolute atomic E-state index is 0.00202. The Kier molecular flexibility index (Phi) is 10.1. The number of H-pyrrole nitrogens is 1. The number of halogens is 3. The van der Waals surface area contributed by atoms with E-state index in [9.17, 15) is 22.7 Å². The fraction of sp³-hybridized carbons (Fsp3) is 0.400. The lowest BCUT2D eigenvalue weighted by Gasteiger charge is -2.43. The predicted octanol–water partition coefficient (Wildman–Crippen LogP) is 3.97. The Labute approximate surface area is 294 Å². The van der Waals surface area contributed by atoms with Crippen molar-refractivity contribution in [1.29, 1.82) is 0 Å². The number of nitrogens with one attached hydrogen (secondary N) is 1. The van der Waals surface area contributed by atoms with Gasteiger partial charge in [-0.05, 0) is 55.2 Å². The number of aliphatic carboxylic acids is 1. The molecule has 2 aromatic heterocycles. The van der Waals surface area contributed by atoms with Crippen LogP contribution in [-0.4, -0.2) is 122 Å². The maximum atomic E-state index is 15.9. The summed E-state index contributed by atoms with van der Waals surface area (Å²) in [6, 6.07) is 11.9. The average molecular weight is 725 g/mol. The Morgan fingerprint density at radius 3 is 2.35 bits per heavy atom. The minimum atomic E-state index is -3.06. The number of piperazine rings is 1. The van der Waals surface area contributed by atoms with Crippen LogP contribution in [0, 0.1) is 11.6 Å². The lowest BCUT2D eigenvalue weighted by atomic mass is 9.99. The van der Waals surface area contributed by atoms with Crippen LogP contribution in [0.3, 0.4) is 0 Å². The maximum Gasteiger partial charge on any atom is 0.317 e. The monoisotopic (exact) mass is 724 g/mol. The summed E-state index contributed by atoms with van der Waals surface area (Å²) in [5.41, 5.74) is 1.34. The molecule has 2 atom stereocenters. The summed E-state index contributed by atoms with van der Waals surface area (Å²) in [7, 11) is 0. The normalized spacial score (nSPS) is 20.2. The van der Waals surface area contributed by atoms with E-state index in [1.165, 1.54) is 6.20 Å². The molecule has 7 rings (SSSR count). The maximum absolute atomic E-state index is 15.9. The van der Waals surface area contributed by atoms with Gasteiger partial charge >= 0.3 is 5.97 Å². The molecule has 0 bridgehead atoms. The number of pyridine rings is 1. The number of ketones is 1. The standard InChI is InChI=1S/C35H38F3N7O5S/c36-24-7-12-44(20-24)45(51(49)50)30-6-5-29(37)32(33(30)38)34(48)28-19-40-35-27(28)17-23(18-39-35)22-1-3-25(4-2-22)42-13-15-43(16-14-42)26-8-10-41(11-9-26)21-31(46)47/h1-6,17-19,24,26H,7-16,20-21H2,(H,39,40)(H,46,47)(H,49,50)/p-1/t24-/m1/s1. The number of anilines is 2. The van der Waals surface area contributed by atoms with Gasteiger partial charge in [-0.15, -0.1) is 0 Å². The van der Waals surface area contributed by atoms with Crippen molar-refractivity contribution in [3.05, 3.63) is 77.6 Å². The molecule has 3 fully saturated rings. The van der Waals surface area contributed by atoms with E-state index in [1.54, 1.807) is 12.3 Å². The topological polar surface area (TPSA) is 139 Å². The summed E-state index contributed by atoms with van der Waals surface area (Å²) >= 11 is -3.06. The highest BCUT2D eigenvalue weighted by molar-refractivity contribution is 7.80. The summed E-state index contributed by atoms with van der Waals surface area (Å²) in [6.07, 6.45) is 3.62. The van der Waals surface area contributed by atoms with Crippen LogP contribution in [0.4, 0.5) is 24.5 Å². The number of hydrogen-bond acceptors (Lipinski definition) is 9. The van der Waals surface area contributed by atoms with Crippen molar-refractivity contribution in [2.45, 2.75) is 31.5 Å². The molecule has 0 amide bonds. The third kappa shape index (κ3) is 7.23. The van der Waals surface area contributed by atoms with Gasteiger partial charge in [0.2, 0.25) is 5.78 Å². The van der Waals surface area contributed by atoms with E-state index in [0.717, 1.165) is 80.5 Å². The first kappa shape index (κ1) is 35.1. The number of fused-ring (bicyclic) bond motifs is 1. The van der Waals surface area contributed by atoms with Crippen molar-refractivity contribution in [3.63, 3.8) is 0 Å². The molecule has 3 aliphatic heterocycles. The smallest absolute Gasteiger partial charge is 0.317 e. The molecule has 270 valence electrons. The summed E-state index contributed by atoms with van der Waals surface area (Å²) in [5, 5.41) is 10.5. The van der Waals surface area contributed by atoms with E-state index >= 15 is 8.78 Å². The van der Waals surface area contributed by atoms with Crippen LogP contribution >= 0.6 is 0 Å². The second-order valence-corrected chi connectivity index (χ2v) is 13.9. The van der Waals surface area contributed by atoms with Crippen LogP contribution in [0.25, 0.3) is 22.2 Å². The first-order chi connectivity index (χ1) is 24.6. The van der Waals surface area contributed by atoms with Gasteiger partial charge < -0.3 is 19.5 Å². The Bertz CT molecular complexity index is 1950. The van der Waals surface area contributed by atoms with Crippen LogP contribution < -0.4 is 9.31 Å². The van der Waals surface area contributed by atoms with Crippen LogP contribution in [-0.2, 0) is 16.1 Å². The molecule has 0 spiro atoms. The number of alkyl halides is 1. The van der Waals surface area contributed by atoms with Gasteiger partial charge in [0.05, 0.1) is 29.9 Å². The number of aromatic nitrogens is 2. The second-order valence-electron chi connectivity index (χ2n) is 13.2. The molecule has 3 aliphatic rings. The third-order valence-electron chi connectivity index (χ3n) is 10.1. The summed E-state index contributed by atoms with van der Waals surface area (Å²) in [5.74, 6) is -4.33. The molecule has 0 radical (unpaired) electrons. The number of carboxylic acids is 1. The van der Waals surface area contributed by atoms with E-state index in [0.29, 0.717) is 27.1 Å². The number of piperidine rings is 1. The molecule has 12 nitrogen and oxygen atoms in total. The highest BCUT2D eigenvalue weighted by Crippen LogP contribution is 2.33. The third-order valence-corrected chi connectivity index (χ3v) is 10.8. The lowest BCUT2D eigenvalue weighted by Crippen LogP contribution is -2.53. The van der Waals surface area contributed by atoms with E-state index in [2.05, 4.69) is 19.8 Å². The second kappa shape index (κ2) is 14.7. The first-order valence-corrected chi connectivity index (χ1v) is 17.9. The molecule has 16 heteroatoms. The number of benzene rings is 2. The average Bonchev–Trinajstić information content (AvgIpc) is 3.75. The number of likely N-dealkylation sites (tertiary alicyclic amines) is 1. The van der Waals surface area contributed by atoms with Gasteiger partial charge in [0, 0.05) is 86.4 Å². The van der Waals surface area contributed by atoms with Gasteiger partial charge in [0.15, 0.2) is 5.82 Å². The molecule has 4 aromatic rings. The van der Waals surface area contributed by atoms with E-state index in [1.807, 2.05) is 29.2 Å². The number of hydrogen-bond donors (Lipinski definition) is 2. The van der Waals surface area contributed by atoms with Crippen molar-refractivity contribution in [2.75, 3.05) is 68.2 Å². The fourth-order valence-corrected chi connectivity index (χ4v) is 8.06. The molecule has 2 N–H and O–H groups in total. The summed E-state index contributed by atoms with van der Waals surface area (Å²) < 4.78 is 69.6. The zero-order valence-corrected chi connectivity index (χ0v) is 28.5. The summed E-state index contributed by atoms with van der Waals surface area (Å²) in [6.45, 7) is 4.97. The van der Waals surface area contributed by atoms with Crippen molar-refractivity contribution in [1.82, 2.24) is 24.8 Å². The van der Waals surface area contributed by atoms with E-state index < -0.39 is 52.1 Å². The van der Waals surface area contributed by atoms with E-state index in [4.69, 9.17) is 5.11 Å². The molecule has 51 heavy (non-hydrogen) atoms. The SMILES string of the molecule is O=C(O)CN1CCC(N2CCN(c3ccc(-c4cnc5[nH]cc(C(=O)c6c(F)ccc(N(N7CC[C@@H](F)C7)S(=O)[O-])c6F)c5c4)cc3)CC2)CC1. The number of carbonyl (C=O) groups is 2. The molecule has 1 unspecified atom stereocenters. The summed E-state index contributed by atoms with van der Waals surface area (Å²) in [4.78, 5) is 38.9. The number of rotatable bonds is 10. The van der Waals surface area contributed by atoms with Crippen LogP contribution in [0.2, 0.25) is 0 Å². The molecule has 5 heterocycles. The van der Waals surface area contributed by atoms with E-state index in [-0.39, 0.29) is 31.6 Å². The van der Waals surface area contributed by atoms with Crippen molar-refractivity contribution in [3.8, 4) is 11.1 Å². The van der Waals surface area contributed by atoms with Crippen LogP contribution in [0.5, 0.6) is 0 Å². The van der Waals surface area contributed by atoms with Gasteiger partial charge in [-0.25, -0.2) is 27.6 Å². The Morgan fingerprint density at radius 1 is 0.980 bits per heavy atom. The zero-order chi connectivity index (χ0) is 35.8. The minimum Gasteiger partial charge on any atom is -0.754 e. The molecule has 0 saturated carbocycles. The van der Waals surface area contributed by atoms with Crippen molar-refractivity contribution < 1.29 is 36.6 Å². The predicted molar refractivity (Wildman–Crippen MR) is 185 cm³/mol. The van der Waals surface area contributed by atoms with Crippen LogP contribution in [0.1, 0.15) is 35.2 Å². The largest absolute Gasteiger partial charge is 0.754 e. The van der Waals surface area contributed by atoms with Gasteiger partial charge in [-0.1, -0.05) is 12.1 Å². The Hall–Kier alpha value is -4.35. The Balaban J connectivity index is 1.06. The van der Waals surface area contributed by atoms with Gasteiger partial charge in [0.1, 0.15) is 23.3 Å². The zero-order valence-electron chi connectivity index (χ0n) is 27.6. The lowest BCUT2D eigenvalue weighted by molar-refractivity contribution is -0.138. The van der Waals surface area contributed by atoms with Crippen molar-refractivity contribution >= 4 is 45.4 Å². The molecular formula is C35H37F3N7O5S-. The molecular weight excluding hydrogens is 687 g/mol. The van der Waals surface area contributed by atoms with Crippen molar-refractivity contribution in [2.24, 2.45) is 0 Å². The number of carboxylic acid groups (broad SMARTS) is 1. The quantitative estimate of drug-likeness (QED) is 0.183.